The molecule has 0 aliphatic carbocycles. The van der Waals surface area contributed by atoms with Crippen molar-refractivity contribution in [2.45, 2.75) is 30.7 Å². The Morgan fingerprint density at radius 2 is 2.19 bits per heavy atom. The number of hydrogen-bond acceptors (Lipinski definition) is 4. The number of carbonyl (C=O) groups excluding carboxylic acids is 1. The van der Waals surface area contributed by atoms with Crippen LogP contribution in [0.1, 0.15) is 30.1 Å². The van der Waals surface area contributed by atoms with Crippen LogP contribution >= 0.6 is 0 Å². The minimum absolute atomic E-state index is 0.0943. The van der Waals surface area contributed by atoms with Gasteiger partial charge in [-0.05, 0) is 37.6 Å². The molecule has 1 fully saturated rings. The van der Waals surface area contributed by atoms with Crippen LogP contribution in [0.2, 0.25) is 0 Å². The average molecular weight is 310 g/mol. The maximum atomic E-state index is 12.5. The Morgan fingerprint density at radius 1 is 1.43 bits per heavy atom. The summed E-state index contributed by atoms with van der Waals surface area (Å²) in [6.45, 7) is 4.34. The SMILES string of the molecule is CCNC1CCCN(C(=O)c2cccc(S(C)(=O)=O)c2)C1. The van der Waals surface area contributed by atoms with Gasteiger partial charge in [-0.1, -0.05) is 13.0 Å². The number of hydrogen-bond donors (Lipinski definition) is 1. The van der Waals surface area contributed by atoms with E-state index in [0.717, 1.165) is 32.2 Å². The molecule has 0 saturated carbocycles. The highest BCUT2D eigenvalue weighted by Gasteiger charge is 2.24. The van der Waals surface area contributed by atoms with E-state index in [1.165, 1.54) is 12.1 Å². The van der Waals surface area contributed by atoms with Crippen LogP contribution in [0.3, 0.4) is 0 Å². The van der Waals surface area contributed by atoms with Crippen molar-refractivity contribution in [1.82, 2.24) is 10.2 Å². The average Bonchev–Trinajstić information content (AvgIpc) is 2.46. The molecule has 1 amide bonds. The second-order valence-electron chi connectivity index (χ2n) is 5.45. The Balaban J connectivity index is 2.16. The van der Waals surface area contributed by atoms with Crippen molar-refractivity contribution < 1.29 is 13.2 Å². The predicted molar refractivity (Wildman–Crippen MR) is 82.2 cm³/mol. The summed E-state index contributed by atoms with van der Waals surface area (Å²) >= 11 is 0. The van der Waals surface area contributed by atoms with E-state index in [0.29, 0.717) is 18.2 Å². The van der Waals surface area contributed by atoms with E-state index >= 15 is 0 Å². The summed E-state index contributed by atoms with van der Waals surface area (Å²) in [5, 5.41) is 3.37. The van der Waals surface area contributed by atoms with Gasteiger partial charge in [-0.2, -0.15) is 0 Å². The van der Waals surface area contributed by atoms with E-state index in [2.05, 4.69) is 12.2 Å². The molecule has 2 rings (SSSR count). The zero-order valence-corrected chi connectivity index (χ0v) is 13.3. The van der Waals surface area contributed by atoms with E-state index in [1.54, 1.807) is 17.0 Å². The van der Waals surface area contributed by atoms with Crippen LogP contribution < -0.4 is 5.32 Å². The van der Waals surface area contributed by atoms with Crippen molar-refractivity contribution in [3.05, 3.63) is 29.8 Å². The number of likely N-dealkylation sites (tertiary alicyclic amines) is 1. The molecule has 1 saturated heterocycles. The summed E-state index contributed by atoms with van der Waals surface area (Å²) in [5.74, 6) is -0.0943. The highest BCUT2D eigenvalue weighted by molar-refractivity contribution is 7.90. The Hall–Kier alpha value is -1.40. The number of amides is 1. The fraction of sp³-hybridized carbons (Fsp3) is 0.533. The summed E-state index contributed by atoms with van der Waals surface area (Å²) in [5.41, 5.74) is 0.440. The Morgan fingerprint density at radius 3 is 2.86 bits per heavy atom. The number of nitrogens with zero attached hydrogens (tertiary/aromatic N) is 1. The highest BCUT2D eigenvalue weighted by Crippen LogP contribution is 2.17. The molecule has 0 aromatic heterocycles. The lowest BCUT2D eigenvalue weighted by Crippen LogP contribution is -2.47. The number of piperidine rings is 1. The number of nitrogens with one attached hydrogen (secondary N) is 1. The number of rotatable bonds is 4. The van der Waals surface area contributed by atoms with Crippen LogP contribution in [0.5, 0.6) is 0 Å². The number of benzene rings is 1. The summed E-state index contributed by atoms with van der Waals surface area (Å²) in [6, 6.07) is 6.60. The quantitative estimate of drug-likeness (QED) is 0.910. The fourth-order valence-electron chi connectivity index (χ4n) is 2.66. The summed E-state index contributed by atoms with van der Waals surface area (Å²) < 4.78 is 23.2. The van der Waals surface area contributed by atoms with Gasteiger partial charge in [0.05, 0.1) is 4.90 Å². The lowest BCUT2D eigenvalue weighted by atomic mass is 10.0. The van der Waals surface area contributed by atoms with E-state index in [9.17, 15) is 13.2 Å². The lowest BCUT2D eigenvalue weighted by Gasteiger charge is -2.33. The van der Waals surface area contributed by atoms with Crippen molar-refractivity contribution in [3.8, 4) is 0 Å². The fourth-order valence-corrected chi connectivity index (χ4v) is 3.33. The monoisotopic (exact) mass is 310 g/mol. The first-order valence-electron chi connectivity index (χ1n) is 7.24. The van der Waals surface area contributed by atoms with Crippen LogP contribution in [-0.4, -0.2) is 51.2 Å². The van der Waals surface area contributed by atoms with Crippen molar-refractivity contribution in [1.29, 1.82) is 0 Å². The first-order valence-corrected chi connectivity index (χ1v) is 9.13. The van der Waals surface area contributed by atoms with Gasteiger partial charge in [0.15, 0.2) is 9.84 Å². The zero-order valence-electron chi connectivity index (χ0n) is 12.5. The second-order valence-corrected chi connectivity index (χ2v) is 7.46. The Kier molecular flexibility index (Phi) is 5.00. The van der Waals surface area contributed by atoms with E-state index in [1.807, 2.05) is 0 Å². The van der Waals surface area contributed by atoms with Gasteiger partial charge in [0.25, 0.3) is 5.91 Å². The lowest BCUT2D eigenvalue weighted by molar-refractivity contribution is 0.0695. The molecule has 5 nitrogen and oxygen atoms in total. The third-order valence-corrected chi connectivity index (χ3v) is 4.82. The van der Waals surface area contributed by atoms with Crippen molar-refractivity contribution >= 4 is 15.7 Å². The van der Waals surface area contributed by atoms with Crippen LogP contribution in [0.4, 0.5) is 0 Å². The van der Waals surface area contributed by atoms with Gasteiger partial charge in [-0.25, -0.2) is 8.42 Å². The number of sulfone groups is 1. The normalized spacial score (nSPS) is 19.5. The third-order valence-electron chi connectivity index (χ3n) is 3.71. The second kappa shape index (κ2) is 6.58. The van der Waals surface area contributed by atoms with E-state index in [4.69, 9.17) is 0 Å². The summed E-state index contributed by atoms with van der Waals surface area (Å²) in [7, 11) is -3.29. The molecular weight excluding hydrogens is 288 g/mol. The predicted octanol–water partition coefficient (Wildman–Crippen LogP) is 1.30. The molecule has 1 aliphatic heterocycles. The van der Waals surface area contributed by atoms with Gasteiger partial charge < -0.3 is 10.2 Å². The van der Waals surface area contributed by atoms with Gasteiger partial charge in [-0.3, -0.25) is 4.79 Å². The Bertz CT molecular complexity index is 611. The van der Waals surface area contributed by atoms with Gasteiger partial charge in [0, 0.05) is 31.0 Å². The van der Waals surface area contributed by atoms with Crippen molar-refractivity contribution in [2.24, 2.45) is 0 Å². The maximum Gasteiger partial charge on any atom is 0.253 e. The van der Waals surface area contributed by atoms with Crippen molar-refractivity contribution in [2.75, 3.05) is 25.9 Å². The molecule has 1 atom stereocenters. The molecular formula is C15H22N2O3S. The maximum absolute atomic E-state index is 12.5. The highest BCUT2D eigenvalue weighted by atomic mass is 32.2. The molecule has 0 bridgehead atoms. The van der Waals surface area contributed by atoms with Crippen molar-refractivity contribution in [3.63, 3.8) is 0 Å². The molecule has 1 aromatic rings. The first kappa shape index (κ1) is 16.0. The van der Waals surface area contributed by atoms with E-state index < -0.39 is 9.84 Å². The van der Waals surface area contributed by atoms with Crippen LogP contribution in [0.15, 0.2) is 29.2 Å². The molecule has 116 valence electrons. The summed E-state index contributed by atoms with van der Waals surface area (Å²) in [6.07, 6.45) is 3.19. The largest absolute Gasteiger partial charge is 0.337 e. The van der Waals surface area contributed by atoms with Crippen LogP contribution in [0, 0.1) is 0 Å². The van der Waals surface area contributed by atoms with Gasteiger partial charge in [-0.15, -0.1) is 0 Å². The molecule has 1 aromatic carbocycles. The van der Waals surface area contributed by atoms with Crippen LogP contribution in [-0.2, 0) is 9.84 Å². The molecule has 21 heavy (non-hydrogen) atoms. The molecule has 0 spiro atoms. The molecule has 1 heterocycles. The number of carbonyl (C=O) groups is 1. The third kappa shape index (κ3) is 4.04. The standard InChI is InChI=1S/C15H22N2O3S/c1-3-16-13-7-5-9-17(11-13)15(18)12-6-4-8-14(10-12)21(2,19)20/h4,6,8,10,13,16H,3,5,7,9,11H2,1-2H3. The summed E-state index contributed by atoms with van der Waals surface area (Å²) in [4.78, 5) is 14.5. The molecule has 0 radical (unpaired) electrons. The first-order chi connectivity index (χ1) is 9.91. The minimum atomic E-state index is -3.29. The van der Waals surface area contributed by atoms with Crippen LogP contribution in [0.25, 0.3) is 0 Å². The molecule has 1 aliphatic rings. The zero-order chi connectivity index (χ0) is 15.5. The van der Waals surface area contributed by atoms with Gasteiger partial charge in [0.2, 0.25) is 0 Å². The van der Waals surface area contributed by atoms with Gasteiger partial charge in [0.1, 0.15) is 0 Å². The van der Waals surface area contributed by atoms with Gasteiger partial charge >= 0.3 is 0 Å². The molecule has 6 heteroatoms. The van der Waals surface area contributed by atoms with E-state index in [-0.39, 0.29) is 10.8 Å². The number of likely N-dealkylation sites (N-methyl/N-ethyl adjacent to an activating group) is 1. The Labute approximate surface area is 126 Å². The smallest absolute Gasteiger partial charge is 0.253 e. The minimum Gasteiger partial charge on any atom is -0.337 e. The molecule has 1 N–H and O–H groups in total. The molecule has 1 unspecified atom stereocenters. The topological polar surface area (TPSA) is 66.5 Å².